The molecule has 0 aromatic rings. The lowest BCUT2D eigenvalue weighted by Gasteiger charge is -2.38. The van der Waals surface area contributed by atoms with Crippen molar-refractivity contribution in [2.45, 2.75) is 123 Å². The van der Waals surface area contributed by atoms with Crippen molar-refractivity contribution in [3.05, 3.63) is 16.2 Å². The molecule has 1 aliphatic heterocycles. The van der Waals surface area contributed by atoms with Gasteiger partial charge in [-0.2, -0.15) is 5.12 Å². The Balaban J connectivity index is 1.47. The molecule has 0 radical (unpaired) electrons. The third-order valence-electron chi connectivity index (χ3n) is 8.27. The maximum atomic E-state index is 11.8. The second-order valence-corrected chi connectivity index (χ2v) is 11.5. The van der Waals surface area contributed by atoms with Crippen LogP contribution in [0.4, 0.5) is 0 Å². The maximum Gasteiger partial charge on any atom is 0.0734 e. The molecule has 0 aromatic heterocycles. The number of ether oxygens (including phenoxy) is 1. The highest BCUT2D eigenvalue weighted by atomic mass is 16.5. The molecule has 0 amide bonds. The van der Waals surface area contributed by atoms with Gasteiger partial charge in [-0.25, -0.2) is 0 Å². The molecule has 1 unspecified atom stereocenters. The number of hydrogen-bond acceptors (Lipinski definition) is 5. The van der Waals surface area contributed by atoms with Crippen molar-refractivity contribution in [2.24, 2.45) is 16.6 Å². The number of rotatable bonds is 14. The lowest BCUT2D eigenvalue weighted by Crippen LogP contribution is -2.45. The van der Waals surface area contributed by atoms with E-state index in [0.717, 1.165) is 57.5 Å². The number of allylic oxidation sites excluding steroid dienone is 1. The van der Waals surface area contributed by atoms with Crippen LogP contribution in [-0.2, 0) is 4.74 Å². The Morgan fingerprint density at radius 3 is 2.30 bits per heavy atom. The zero-order valence-electron chi connectivity index (χ0n) is 21.9. The van der Waals surface area contributed by atoms with Crippen molar-refractivity contribution >= 4 is 0 Å². The highest BCUT2D eigenvalue weighted by Gasteiger charge is 2.31. The standard InChI is InChI=1S/C27H50N4O2/c1-5-16-27(3,17-6-2)21-30(4)20-22-12-14-24(15-13-22)31(29-32)28-26(23-9-7-10-23)19-25-11-8-18-33-25/h22,24-25,28H,5-21H2,1-4H3. The molecule has 190 valence electrons. The SMILES string of the molecule is CCCC(C)(CCC)CN(C)CC1CCC(N(N=O)NC(CC2CCCO2)=C2CCC2)CC1. The first-order valence-corrected chi connectivity index (χ1v) is 13.9. The van der Waals surface area contributed by atoms with Gasteiger partial charge in [0.1, 0.15) is 0 Å². The van der Waals surface area contributed by atoms with Crippen molar-refractivity contribution in [3.8, 4) is 0 Å². The molecular formula is C27H50N4O2. The van der Waals surface area contributed by atoms with Crippen molar-refractivity contribution in [1.29, 1.82) is 0 Å². The van der Waals surface area contributed by atoms with Crippen LogP contribution in [0.15, 0.2) is 16.6 Å². The van der Waals surface area contributed by atoms with Crippen molar-refractivity contribution in [2.75, 3.05) is 26.7 Å². The molecule has 6 nitrogen and oxygen atoms in total. The van der Waals surface area contributed by atoms with E-state index in [-0.39, 0.29) is 6.04 Å². The minimum absolute atomic E-state index is 0.203. The lowest BCUT2D eigenvalue weighted by atomic mass is 9.80. The minimum Gasteiger partial charge on any atom is -0.378 e. The van der Waals surface area contributed by atoms with Crippen LogP contribution in [0.1, 0.15) is 111 Å². The Bertz CT molecular complexity index is 612. The topological polar surface area (TPSA) is 57.2 Å². The summed E-state index contributed by atoms with van der Waals surface area (Å²) in [7, 11) is 2.30. The Morgan fingerprint density at radius 2 is 1.79 bits per heavy atom. The summed E-state index contributed by atoms with van der Waals surface area (Å²) < 4.78 is 5.87. The molecule has 0 aromatic carbocycles. The number of nitrogens with one attached hydrogen (secondary N) is 1. The van der Waals surface area contributed by atoms with E-state index < -0.39 is 0 Å². The first kappa shape index (κ1) is 26.5. The van der Waals surface area contributed by atoms with Crippen molar-refractivity contribution < 1.29 is 4.74 Å². The minimum atomic E-state index is 0.203. The predicted molar refractivity (Wildman–Crippen MR) is 136 cm³/mol. The van der Waals surface area contributed by atoms with Gasteiger partial charge in [-0.1, -0.05) is 33.6 Å². The molecule has 1 N–H and O–H groups in total. The van der Waals surface area contributed by atoms with Gasteiger partial charge in [0.05, 0.1) is 17.4 Å². The molecule has 1 heterocycles. The summed E-state index contributed by atoms with van der Waals surface area (Å²) >= 11 is 0. The van der Waals surface area contributed by atoms with Gasteiger partial charge < -0.3 is 9.64 Å². The van der Waals surface area contributed by atoms with Crippen LogP contribution in [0.3, 0.4) is 0 Å². The third-order valence-corrected chi connectivity index (χ3v) is 8.27. The number of nitrogens with zero attached hydrogens (tertiary/aromatic N) is 3. The second-order valence-electron chi connectivity index (χ2n) is 11.5. The van der Waals surface area contributed by atoms with E-state index in [1.807, 2.05) is 0 Å². The fraction of sp³-hybridized carbons (Fsp3) is 0.926. The van der Waals surface area contributed by atoms with Crippen LogP contribution in [-0.4, -0.2) is 48.9 Å². The van der Waals surface area contributed by atoms with Gasteiger partial charge >= 0.3 is 0 Å². The molecule has 33 heavy (non-hydrogen) atoms. The molecule has 3 aliphatic rings. The van der Waals surface area contributed by atoms with Gasteiger partial charge in [0, 0.05) is 31.8 Å². The van der Waals surface area contributed by atoms with Crippen LogP contribution < -0.4 is 5.43 Å². The summed E-state index contributed by atoms with van der Waals surface area (Å²) in [5.74, 6) is 0.726. The zero-order valence-corrected chi connectivity index (χ0v) is 21.9. The van der Waals surface area contributed by atoms with E-state index in [0.29, 0.717) is 11.5 Å². The molecule has 0 spiro atoms. The maximum absolute atomic E-state index is 11.8. The summed E-state index contributed by atoms with van der Waals surface area (Å²) in [5, 5.41) is 5.08. The molecule has 2 saturated carbocycles. The Morgan fingerprint density at radius 1 is 1.09 bits per heavy atom. The number of hydrazine groups is 1. The molecule has 1 saturated heterocycles. The van der Waals surface area contributed by atoms with Crippen molar-refractivity contribution in [1.82, 2.24) is 15.4 Å². The molecule has 3 rings (SSSR count). The number of nitroso groups, excluding NO2 is 1. The predicted octanol–water partition coefficient (Wildman–Crippen LogP) is 6.58. The Hall–Kier alpha value is -1.14. The van der Waals surface area contributed by atoms with E-state index in [1.54, 1.807) is 5.12 Å². The van der Waals surface area contributed by atoms with Crippen LogP contribution in [0.2, 0.25) is 0 Å². The van der Waals surface area contributed by atoms with Gasteiger partial charge in [0.15, 0.2) is 0 Å². The first-order valence-electron chi connectivity index (χ1n) is 13.9. The summed E-state index contributed by atoms with van der Waals surface area (Å²) in [5.41, 5.74) is 6.58. The molecule has 1 atom stereocenters. The van der Waals surface area contributed by atoms with Gasteiger partial charge in [0.2, 0.25) is 0 Å². The molecular weight excluding hydrogens is 412 g/mol. The monoisotopic (exact) mass is 462 g/mol. The summed E-state index contributed by atoms with van der Waals surface area (Å²) in [4.78, 5) is 14.4. The summed E-state index contributed by atoms with van der Waals surface area (Å²) in [6.07, 6.45) is 16.6. The fourth-order valence-corrected chi connectivity index (χ4v) is 6.49. The van der Waals surface area contributed by atoms with Gasteiger partial charge in [-0.3, -0.25) is 5.43 Å². The second kappa shape index (κ2) is 13.1. The Kier molecular flexibility index (Phi) is 10.5. The van der Waals surface area contributed by atoms with Crippen LogP contribution in [0, 0.1) is 16.2 Å². The van der Waals surface area contributed by atoms with Crippen LogP contribution >= 0.6 is 0 Å². The normalized spacial score (nSPS) is 25.7. The highest BCUT2D eigenvalue weighted by Crippen LogP contribution is 2.34. The van der Waals surface area contributed by atoms with Crippen molar-refractivity contribution in [3.63, 3.8) is 0 Å². The quantitative estimate of drug-likeness (QED) is 0.233. The Labute approximate surface area is 202 Å². The van der Waals surface area contributed by atoms with Gasteiger partial charge in [-0.15, -0.1) is 4.91 Å². The molecule has 0 bridgehead atoms. The first-order chi connectivity index (χ1) is 16.0. The largest absolute Gasteiger partial charge is 0.378 e. The van der Waals surface area contributed by atoms with E-state index >= 15 is 0 Å². The molecule has 3 fully saturated rings. The average molecular weight is 463 g/mol. The van der Waals surface area contributed by atoms with E-state index in [9.17, 15) is 4.91 Å². The molecule has 2 aliphatic carbocycles. The number of hydrogen-bond donors (Lipinski definition) is 1. The third kappa shape index (κ3) is 7.95. The smallest absolute Gasteiger partial charge is 0.0734 e. The van der Waals surface area contributed by atoms with Crippen LogP contribution in [0.25, 0.3) is 0 Å². The highest BCUT2D eigenvalue weighted by molar-refractivity contribution is 5.19. The fourth-order valence-electron chi connectivity index (χ4n) is 6.49. The van der Waals surface area contributed by atoms with Crippen LogP contribution in [0.5, 0.6) is 0 Å². The lowest BCUT2D eigenvalue weighted by molar-refractivity contribution is 0.0714. The van der Waals surface area contributed by atoms with E-state index in [2.05, 4.69) is 43.4 Å². The van der Waals surface area contributed by atoms with Gasteiger partial charge in [0.25, 0.3) is 0 Å². The van der Waals surface area contributed by atoms with Gasteiger partial charge in [-0.05, 0) is 94.6 Å². The van der Waals surface area contributed by atoms with E-state index in [1.165, 1.54) is 69.3 Å². The molecule has 6 heteroatoms. The zero-order chi connectivity index (χ0) is 23.7. The average Bonchev–Trinajstić information content (AvgIpc) is 3.24. The summed E-state index contributed by atoms with van der Waals surface area (Å²) in [6.45, 7) is 10.3. The summed E-state index contributed by atoms with van der Waals surface area (Å²) in [6, 6.07) is 0.203. The van der Waals surface area contributed by atoms with E-state index in [4.69, 9.17) is 4.74 Å².